The van der Waals surface area contributed by atoms with E-state index < -0.39 is 0 Å². The van der Waals surface area contributed by atoms with Gasteiger partial charge in [0, 0.05) is 23.0 Å². The molecule has 1 aromatic rings. The fourth-order valence-corrected chi connectivity index (χ4v) is 3.25. The summed E-state index contributed by atoms with van der Waals surface area (Å²) in [5.74, 6) is 0.421. The Morgan fingerprint density at radius 3 is 2.79 bits per heavy atom. The minimum Gasteiger partial charge on any atom is -0.349 e. The predicted molar refractivity (Wildman–Crippen MR) is 103 cm³/mol. The Labute approximate surface area is 149 Å². The third kappa shape index (κ3) is 4.54. The van der Waals surface area contributed by atoms with Crippen LogP contribution in [0.5, 0.6) is 0 Å². The van der Waals surface area contributed by atoms with Crippen LogP contribution in [0.1, 0.15) is 44.0 Å². The number of carbonyl (C=O) groups is 1. The van der Waals surface area contributed by atoms with Crippen molar-refractivity contribution < 1.29 is 4.79 Å². The van der Waals surface area contributed by atoms with Crippen LogP contribution in [-0.4, -0.2) is 10.9 Å². The standard InChI is InChI=1S/C20H26N2OS/c1-6-13(2)21-18(23)10-7-14-11-15-12-16(20(3,4)5)8-9-17(15)22-19(14)24/h6-7,10-11,16H,1-2,8-9,12H2,3-5H3,(H,21,23)(H,22,24)/b10-7+. The number of aromatic amines is 1. The van der Waals surface area contributed by atoms with Gasteiger partial charge in [0.05, 0.1) is 0 Å². The van der Waals surface area contributed by atoms with Crippen LogP contribution >= 0.6 is 12.2 Å². The van der Waals surface area contributed by atoms with E-state index >= 15 is 0 Å². The highest BCUT2D eigenvalue weighted by Gasteiger charge is 2.29. The van der Waals surface area contributed by atoms with Crippen LogP contribution in [0.3, 0.4) is 0 Å². The summed E-state index contributed by atoms with van der Waals surface area (Å²) >= 11 is 5.43. The number of aryl methyl sites for hydroxylation is 1. The first-order valence-corrected chi connectivity index (χ1v) is 8.67. The molecule has 2 N–H and O–H groups in total. The molecule has 3 nitrogen and oxygen atoms in total. The third-order valence-electron chi connectivity index (χ3n) is 4.62. The molecule has 0 aliphatic heterocycles. The molecule has 0 aromatic carbocycles. The number of rotatable bonds is 4. The van der Waals surface area contributed by atoms with Crippen LogP contribution in [-0.2, 0) is 17.6 Å². The van der Waals surface area contributed by atoms with Crippen molar-refractivity contribution >= 4 is 24.2 Å². The van der Waals surface area contributed by atoms with Gasteiger partial charge in [-0.25, -0.2) is 0 Å². The van der Waals surface area contributed by atoms with E-state index in [9.17, 15) is 4.79 Å². The summed E-state index contributed by atoms with van der Waals surface area (Å²) < 4.78 is 0.676. The monoisotopic (exact) mass is 342 g/mol. The van der Waals surface area contributed by atoms with Gasteiger partial charge in [-0.2, -0.15) is 0 Å². The van der Waals surface area contributed by atoms with Crippen molar-refractivity contribution in [2.24, 2.45) is 11.3 Å². The van der Waals surface area contributed by atoms with E-state index in [-0.39, 0.29) is 5.91 Å². The Morgan fingerprint density at radius 2 is 2.17 bits per heavy atom. The number of amides is 1. The Bertz CT molecular complexity index is 750. The van der Waals surface area contributed by atoms with Gasteiger partial charge >= 0.3 is 0 Å². The van der Waals surface area contributed by atoms with E-state index in [1.54, 1.807) is 6.08 Å². The maximum absolute atomic E-state index is 11.8. The lowest BCUT2D eigenvalue weighted by Crippen LogP contribution is -2.27. The van der Waals surface area contributed by atoms with Crippen LogP contribution in [0, 0.1) is 16.0 Å². The highest BCUT2D eigenvalue weighted by molar-refractivity contribution is 7.71. The molecule has 24 heavy (non-hydrogen) atoms. The van der Waals surface area contributed by atoms with Crippen molar-refractivity contribution in [1.82, 2.24) is 10.3 Å². The molecule has 0 saturated carbocycles. The molecule has 0 bridgehead atoms. The Balaban J connectivity index is 2.21. The number of H-pyrrole nitrogens is 1. The smallest absolute Gasteiger partial charge is 0.248 e. The van der Waals surface area contributed by atoms with Gasteiger partial charge in [0.15, 0.2) is 0 Å². The Morgan fingerprint density at radius 1 is 1.46 bits per heavy atom. The quantitative estimate of drug-likeness (QED) is 0.472. The van der Waals surface area contributed by atoms with Gasteiger partial charge in [-0.05, 0) is 54.4 Å². The zero-order chi connectivity index (χ0) is 17.9. The average Bonchev–Trinajstić information content (AvgIpc) is 2.51. The number of hydrogen-bond acceptors (Lipinski definition) is 2. The first-order valence-electron chi connectivity index (χ1n) is 8.26. The van der Waals surface area contributed by atoms with Crippen molar-refractivity contribution in [3.05, 3.63) is 58.5 Å². The zero-order valence-electron chi connectivity index (χ0n) is 14.7. The molecule has 128 valence electrons. The summed E-state index contributed by atoms with van der Waals surface area (Å²) in [5.41, 5.74) is 4.20. The number of allylic oxidation sites excluding steroid dienone is 1. The van der Waals surface area contributed by atoms with Crippen LogP contribution in [0.4, 0.5) is 0 Å². The van der Waals surface area contributed by atoms with E-state index in [0.29, 0.717) is 21.7 Å². The Hall–Kier alpha value is -1.94. The maximum atomic E-state index is 11.8. The van der Waals surface area contributed by atoms with Crippen molar-refractivity contribution in [2.75, 3.05) is 0 Å². The molecule has 1 aromatic heterocycles. The van der Waals surface area contributed by atoms with E-state index in [1.807, 2.05) is 0 Å². The lowest BCUT2D eigenvalue weighted by Gasteiger charge is -2.35. The fraction of sp³-hybridized carbons (Fsp3) is 0.400. The van der Waals surface area contributed by atoms with Crippen molar-refractivity contribution in [3.63, 3.8) is 0 Å². The van der Waals surface area contributed by atoms with E-state index in [4.69, 9.17) is 12.2 Å². The average molecular weight is 343 g/mol. The normalized spacial score (nSPS) is 17.4. The van der Waals surface area contributed by atoms with Crippen LogP contribution in [0.25, 0.3) is 6.08 Å². The number of aromatic nitrogens is 1. The summed E-state index contributed by atoms with van der Waals surface area (Å²) in [5, 5.41) is 2.63. The van der Waals surface area contributed by atoms with Crippen molar-refractivity contribution in [3.8, 4) is 0 Å². The molecule has 1 unspecified atom stereocenters. The van der Waals surface area contributed by atoms with Gasteiger partial charge in [-0.3, -0.25) is 4.79 Å². The molecule has 4 heteroatoms. The summed E-state index contributed by atoms with van der Waals surface area (Å²) in [7, 11) is 0. The Kier molecular flexibility index (Phi) is 5.60. The molecule has 1 aliphatic carbocycles. The molecule has 0 saturated heterocycles. The zero-order valence-corrected chi connectivity index (χ0v) is 15.6. The summed E-state index contributed by atoms with van der Waals surface area (Å²) in [4.78, 5) is 15.2. The van der Waals surface area contributed by atoms with Gasteiger partial charge < -0.3 is 10.3 Å². The second-order valence-corrected chi connectivity index (χ2v) is 7.82. The molecule has 0 fully saturated rings. The summed E-state index contributed by atoms with van der Waals surface area (Å²) in [6, 6.07) is 2.12. The van der Waals surface area contributed by atoms with Crippen molar-refractivity contribution in [2.45, 2.75) is 40.0 Å². The maximum Gasteiger partial charge on any atom is 0.248 e. The lowest BCUT2D eigenvalue weighted by molar-refractivity contribution is -0.115. The van der Waals surface area contributed by atoms with Crippen molar-refractivity contribution in [1.29, 1.82) is 0 Å². The highest BCUT2D eigenvalue weighted by atomic mass is 32.1. The first-order chi connectivity index (χ1) is 11.2. The molecule has 0 spiro atoms. The van der Waals surface area contributed by atoms with Gasteiger partial charge in [0.25, 0.3) is 0 Å². The van der Waals surface area contributed by atoms with E-state index in [1.165, 1.54) is 29.8 Å². The number of nitrogens with one attached hydrogen (secondary N) is 2. The molecule has 2 rings (SSSR count). The number of pyridine rings is 1. The molecular weight excluding hydrogens is 316 g/mol. The van der Waals surface area contributed by atoms with E-state index in [0.717, 1.165) is 18.4 Å². The molecule has 1 aliphatic rings. The number of carbonyl (C=O) groups excluding carboxylic acids is 1. The third-order valence-corrected chi connectivity index (χ3v) is 4.96. The first kappa shape index (κ1) is 18.4. The fourth-order valence-electron chi connectivity index (χ4n) is 3.00. The van der Waals surface area contributed by atoms with Crippen LogP contribution in [0.2, 0.25) is 0 Å². The highest BCUT2D eigenvalue weighted by Crippen LogP contribution is 2.37. The molecule has 1 atom stereocenters. The van der Waals surface area contributed by atoms with Gasteiger partial charge in [0.1, 0.15) is 4.64 Å². The molecular formula is C20H26N2OS. The van der Waals surface area contributed by atoms with Gasteiger partial charge in [-0.1, -0.05) is 46.1 Å². The largest absolute Gasteiger partial charge is 0.349 e. The number of hydrogen-bond donors (Lipinski definition) is 2. The minimum absolute atomic E-state index is 0.236. The molecule has 1 amide bonds. The second kappa shape index (κ2) is 7.31. The predicted octanol–water partition coefficient (Wildman–Crippen LogP) is 4.72. The summed E-state index contributed by atoms with van der Waals surface area (Å²) in [6.45, 7) is 14.1. The van der Waals surface area contributed by atoms with Gasteiger partial charge in [0.2, 0.25) is 5.91 Å². The van der Waals surface area contributed by atoms with Gasteiger partial charge in [-0.15, -0.1) is 0 Å². The lowest BCUT2D eigenvalue weighted by atomic mass is 9.71. The van der Waals surface area contributed by atoms with Crippen LogP contribution in [0.15, 0.2) is 37.1 Å². The van der Waals surface area contributed by atoms with E-state index in [2.05, 4.69) is 50.3 Å². The van der Waals surface area contributed by atoms with Crippen LogP contribution < -0.4 is 5.32 Å². The SMILES string of the molecule is C=CC(=C)NC(=O)/C=C/c1cc2c([nH]c1=S)CCC(C(C)(C)C)C2. The summed E-state index contributed by atoms with van der Waals surface area (Å²) in [6.07, 6.45) is 8.00. The molecule has 0 radical (unpaired) electrons. The molecule has 1 heterocycles. The topological polar surface area (TPSA) is 44.9 Å². The second-order valence-electron chi connectivity index (χ2n) is 7.42. The minimum atomic E-state index is -0.236. The number of fused-ring (bicyclic) bond motifs is 1.